The molecular formula is C4H7Cl2F3Si. The van der Waals surface area contributed by atoms with E-state index in [-0.39, 0.29) is 6.04 Å². The Balaban J connectivity index is 3.73. The van der Waals surface area contributed by atoms with Crippen molar-refractivity contribution in [3.05, 3.63) is 0 Å². The van der Waals surface area contributed by atoms with Crippen LogP contribution >= 0.6 is 22.2 Å². The van der Waals surface area contributed by atoms with Crippen LogP contribution < -0.4 is 0 Å². The number of alkyl halides is 3. The standard InChI is InChI=1S/C4H7Cl2F3Si/c1-3(2-10(5)6)4(7,8)9/h3,10H,2H2,1H3. The molecule has 0 aromatic carbocycles. The molecule has 0 bridgehead atoms. The summed E-state index contributed by atoms with van der Waals surface area (Å²) in [6.07, 6.45) is -4.14. The molecule has 0 N–H and O–H groups in total. The fourth-order valence-electron chi connectivity index (χ4n) is 0.401. The maximum absolute atomic E-state index is 11.7. The lowest BCUT2D eigenvalue weighted by atomic mass is 10.2. The normalized spacial score (nSPS) is 15.9. The Labute approximate surface area is 68.3 Å². The molecule has 0 amide bonds. The lowest BCUT2D eigenvalue weighted by molar-refractivity contribution is -0.164. The first kappa shape index (κ1) is 10.6. The van der Waals surface area contributed by atoms with Gasteiger partial charge in [0, 0.05) is 0 Å². The predicted molar refractivity (Wildman–Crippen MR) is 38.9 cm³/mol. The van der Waals surface area contributed by atoms with Crippen molar-refractivity contribution in [2.45, 2.75) is 19.1 Å². The van der Waals surface area contributed by atoms with Gasteiger partial charge in [-0.25, -0.2) is 0 Å². The van der Waals surface area contributed by atoms with E-state index >= 15 is 0 Å². The zero-order chi connectivity index (χ0) is 8.36. The Bertz CT molecular complexity index is 103. The van der Waals surface area contributed by atoms with E-state index in [1.807, 2.05) is 0 Å². The number of rotatable bonds is 2. The highest BCUT2D eigenvalue weighted by molar-refractivity contribution is 7.33. The third-order valence-electron chi connectivity index (χ3n) is 1.09. The highest BCUT2D eigenvalue weighted by Gasteiger charge is 2.36. The molecule has 0 aliphatic heterocycles. The third-order valence-corrected chi connectivity index (χ3v) is 3.22. The Hall–Kier alpha value is 0.587. The average molecular weight is 211 g/mol. The van der Waals surface area contributed by atoms with Gasteiger partial charge in [0.2, 0.25) is 7.42 Å². The smallest absolute Gasteiger partial charge is 0.171 e. The van der Waals surface area contributed by atoms with Crippen molar-refractivity contribution in [1.29, 1.82) is 0 Å². The van der Waals surface area contributed by atoms with Gasteiger partial charge in [0.05, 0.1) is 5.92 Å². The van der Waals surface area contributed by atoms with Crippen molar-refractivity contribution < 1.29 is 13.2 Å². The van der Waals surface area contributed by atoms with Crippen molar-refractivity contribution in [3.8, 4) is 0 Å². The maximum atomic E-state index is 11.7. The Morgan fingerprint density at radius 3 is 1.90 bits per heavy atom. The van der Waals surface area contributed by atoms with E-state index in [9.17, 15) is 13.2 Å². The van der Waals surface area contributed by atoms with E-state index in [1.165, 1.54) is 0 Å². The molecule has 6 heteroatoms. The van der Waals surface area contributed by atoms with Crippen molar-refractivity contribution in [2.75, 3.05) is 0 Å². The van der Waals surface area contributed by atoms with Crippen LogP contribution in [0.15, 0.2) is 0 Å². The summed E-state index contributed by atoms with van der Waals surface area (Å²) in [4.78, 5) is 0. The lowest BCUT2D eigenvalue weighted by Gasteiger charge is -2.14. The summed E-state index contributed by atoms with van der Waals surface area (Å²) >= 11 is 10.6. The molecular weight excluding hydrogens is 204 g/mol. The Morgan fingerprint density at radius 1 is 1.40 bits per heavy atom. The third kappa shape index (κ3) is 4.41. The first-order chi connectivity index (χ1) is 4.34. The molecule has 0 nitrogen and oxygen atoms in total. The van der Waals surface area contributed by atoms with Crippen LogP contribution in [0, 0.1) is 5.92 Å². The lowest BCUT2D eigenvalue weighted by Crippen LogP contribution is -2.21. The molecule has 0 radical (unpaired) electrons. The van der Waals surface area contributed by atoms with E-state index in [0.717, 1.165) is 6.92 Å². The molecule has 0 spiro atoms. The van der Waals surface area contributed by atoms with Gasteiger partial charge in [0.1, 0.15) is 0 Å². The first-order valence-electron chi connectivity index (χ1n) is 2.69. The fourth-order valence-corrected chi connectivity index (χ4v) is 2.81. The minimum atomic E-state index is -4.14. The molecule has 0 fully saturated rings. The van der Waals surface area contributed by atoms with Crippen LogP contribution in [0.2, 0.25) is 6.04 Å². The second kappa shape index (κ2) is 3.83. The summed E-state index contributed by atoms with van der Waals surface area (Å²) in [6.45, 7) is 1.09. The minimum absolute atomic E-state index is 0.105. The van der Waals surface area contributed by atoms with E-state index in [4.69, 9.17) is 22.2 Å². The summed E-state index contributed by atoms with van der Waals surface area (Å²) in [5.41, 5.74) is 0. The minimum Gasteiger partial charge on any atom is -0.171 e. The van der Waals surface area contributed by atoms with Gasteiger partial charge in [-0.15, -0.1) is 0 Å². The topological polar surface area (TPSA) is 0 Å². The molecule has 0 aromatic heterocycles. The Kier molecular flexibility index (Phi) is 4.05. The zero-order valence-corrected chi connectivity index (χ0v) is 7.92. The van der Waals surface area contributed by atoms with Gasteiger partial charge in [0.15, 0.2) is 0 Å². The van der Waals surface area contributed by atoms with Crippen LogP contribution in [-0.4, -0.2) is 13.6 Å². The maximum Gasteiger partial charge on any atom is 0.391 e. The van der Waals surface area contributed by atoms with Crippen LogP contribution in [0.5, 0.6) is 0 Å². The van der Waals surface area contributed by atoms with E-state index in [2.05, 4.69) is 0 Å². The average Bonchev–Trinajstić information content (AvgIpc) is 1.60. The van der Waals surface area contributed by atoms with Crippen molar-refractivity contribution in [2.24, 2.45) is 5.92 Å². The van der Waals surface area contributed by atoms with E-state index in [0.29, 0.717) is 0 Å². The van der Waals surface area contributed by atoms with Gasteiger partial charge in [-0.2, -0.15) is 35.3 Å². The van der Waals surface area contributed by atoms with Crippen LogP contribution in [-0.2, 0) is 0 Å². The van der Waals surface area contributed by atoms with Gasteiger partial charge >= 0.3 is 6.18 Å². The predicted octanol–water partition coefficient (Wildman–Crippen LogP) is 2.88. The summed E-state index contributed by atoms with van der Waals surface area (Å²) in [6, 6.07) is -0.105. The highest BCUT2D eigenvalue weighted by atomic mass is 35.7. The second-order valence-electron chi connectivity index (χ2n) is 2.07. The monoisotopic (exact) mass is 210 g/mol. The van der Waals surface area contributed by atoms with Gasteiger partial charge in [0.25, 0.3) is 0 Å². The molecule has 1 atom stereocenters. The fraction of sp³-hybridized carbons (Fsp3) is 1.00. The summed E-state index contributed by atoms with van der Waals surface area (Å²) < 4.78 is 35.1. The molecule has 0 heterocycles. The molecule has 0 saturated heterocycles. The van der Waals surface area contributed by atoms with Gasteiger partial charge in [-0.3, -0.25) is 0 Å². The summed E-state index contributed by atoms with van der Waals surface area (Å²) in [7, 11) is -2.10. The van der Waals surface area contributed by atoms with Gasteiger partial charge in [-0.1, -0.05) is 6.92 Å². The summed E-state index contributed by atoms with van der Waals surface area (Å²) in [5.74, 6) is -1.36. The van der Waals surface area contributed by atoms with Crippen molar-refractivity contribution >= 4 is 29.6 Å². The van der Waals surface area contributed by atoms with Crippen LogP contribution in [0.3, 0.4) is 0 Å². The SMILES string of the molecule is CC(C[SiH](Cl)Cl)C(F)(F)F. The van der Waals surface area contributed by atoms with Crippen LogP contribution in [0.25, 0.3) is 0 Å². The number of hydrogen-bond donors (Lipinski definition) is 0. The van der Waals surface area contributed by atoms with Gasteiger partial charge in [-0.05, 0) is 6.04 Å². The van der Waals surface area contributed by atoms with Crippen molar-refractivity contribution in [1.82, 2.24) is 0 Å². The molecule has 0 aliphatic carbocycles. The van der Waals surface area contributed by atoms with Crippen molar-refractivity contribution in [3.63, 3.8) is 0 Å². The van der Waals surface area contributed by atoms with E-state index < -0.39 is 19.5 Å². The molecule has 0 rings (SSSR count). The summed E-state index contributed by atoms with van der Waals surface area (Å²) in [5, 5.41) is 0. The highest BCUT2D eigenvalue weighted by Crippen LogP contribution is 2.30. The van der Waals surface area contributed by atoms with E-state index in [1.54, 1.807) is 0 Å². The van der Waals surface area contributed by atoms with Gasteiger partial charge < -0.3 is 0 Å². The quantitative estimate of drug-likeness (QED) is 0.486. The molecule has 0 aliphatic rings. The molecule has 10 heavy (non-hydrogen) atoms. The van der Waals surface area contributed by atoms with Crippen LogP contribution in [0.4, 0.5) is 13.2 Å². The first-order valence-corrected chi connectivity index (χ1v) is 6.99. The van der Waals surface area contributed by atoms with Crippen LogP contribution in [0.1, 0.15) is 6.92 Å². The molecule has 62 valence electrons. The molecule has 0 saturated carbocycles. The molecule has 0 aromatic rings. The largest absolute Gasteiger partial charge is 0.391 e. The second-order valence-corrected chi connectivity index (χ2v) is 7.15. The zero-order valence-electron chi connectivity index (χ0n) is 5.25. The molecule has 1 unspecified atom stereocenters. The number of halogens is 5. The Morgan fingerprint density at radius 2 is 1.80 bits per heavy atom. The number of hydrogen-bond acceptors (Lipinski definition) is 0.